The summed E-state index contributed by atoms with van der Waals surface area (Å²) in [5.74, 6) is 1.72. The molecule has 1 aliphatic rings. The molecule has 1 aromatic heterocycles. The molecule has 164 valence electrons. The smallest absolute Gasteiger partial charge is 0.191 e. The largest absolute Gasteiger partial charge is 0.508 e. The molecule has 2 aromatic rings. The van der Waals surface area contributed by atoms with E-state index in [1.165, 1.54) is 0 Å². The molecule has 3 N–H and O–H groups in total. The number of aromatic nitrogens is 1. The number of likely N-dealkylation sites (tertiary alicyclic amines) is 1. The first-order valence-corrected chi connectivity index (χ1v) is 10.2. The Morgan fingerprint density at radius 1 is 1.27 bits per heavy atom. The molecule has 0 amide bonds. The van der Waals surface area contributed by atoms with Crippen molar-refractivity contribution in [2.24, 2.45) is 4.99 Å². The predicted molar refractivity (Wildman–Crippen MR) is 131 cm³/mol. The molecule has 1 aromatic carbocycles. The number of guanidine groups is 1. The first kappa shape index (κ1) is 24.2. The maximum Gasteiger partial charge on any atom is 0.191 e. The van der Waals surface area contributed by atoms with E-state index in [1.54, 1.807) is 19.2 Å². The Labute approximate surface area is 196 Å². The second kappa shape index (κ2) is 12.6. The van der Waals surface area contributed by atoms with Gasteiger partial charge >= 0.3 is 0 Å². The minimum atomic E-state index is 0. The Kier molecular flexibility index (Phi) is 10.2. The van der Waals surface area contributed by atoms with Crippen LogP contribution >= 0.6 is 24.0 Å². The van der Waals surface area contributed by atoms with Crippen LogP contribution in [0.4, 0.5) is 0 Å². The van der Waals surface area contributed by atoms with Gasteiger partial charge in [0.25, 0.3) is 0 Å². The van der Waals surface area contributed by atoms with Crippen LogP contribution in [0.2, 0.25) is 0 Å². The van der Waals surface area contributed by atoms with Gasteiger partial charge in [-0.15, -0.1) is 24.0 Å². The van der Waals surface area contributed by atoms with Crippen molar-refractivity contribution in [2.75, 3.05) is 26.7 Å². The number of benzene rings is 1. The van der Waals surface area contributed by atoms with Gasteiger partial charge in [0, 0.05) is 44.0 Å². The maximum absolute atomic E-state index is 10.1. The van der Waals surface area contributed by atoms with Gasteiger partial charge in [0.1, 0.15) is 11.5 Å². The lowest BCUT2D eigenvalue weighted by molar-refractivity contribution is 0.196. The van der Waals surface area contributed by atoms with E-state index in [9.17, 15) is 5.11 Å². The van der Waals surface area contributed by atoms with Crippen LogP contribution < -0.4 is 15.4 Å². The highest BCUT2D eigenvalue weighted by Gasteiger charge is 2.20. The first-order valence-electron chi connectivity index (χ1n) is 10.2. The number of aliphatic imine (C=N–C) groups is 1. The molecule has 30 heavy (non-hydrogen) atoms. The Morgan fingerprint density at radius 2 is 2.07 bits per heavy atom. The zero-order valence-corrected chi connectivity index (χ0v) is 20.0. The maximum atomic E-state index is 10.1. The van der Waals surface area contributed by atoms with E-state index in [0.29, 0.717) is 18.3 Å². The number of ether oxygens (including phenoxy) is 1. The molecule has 0 bridgehead atoms. The standard InChI is InChI=1S/C22H31N5O2.HI/c1-3-23-22(25-15-17-14-20(29-2)7-8-21(17)28)26-18-9-12-27(13-10-18)16-19-6-4-5-11-24-19;/h4-8,11,14,18,28H,3,9-10,12-13,15-16H2,1-2H3,(H2,23,25,26);1H. The fraction of sp³-hybridized carbons (Fsp3) is 0.455. The molecule has 0 spiro atoms. The van der Waals surface area contributed by atoms with Crippen LogP contribution in [-0.2, 0) is 13.1 Å². The number of piperidine rings is 1. The second-order valence-electron chi connectivity index (χ2n) is 7.21. The molecule has 0 aliphatic carbocycles. The van der Waals surface area contributed by atoms with Crippen LogP contribution in [0, 0.1) is 0 Å². The van der Waals surface area contributed by atoms with E-state index >= 15 is 0 Å². The molecule has 1 fully saturated rings. The number of phenols is 1. The summed E-state index contributed by atoms with van der Waals surface area (Å²) in [5.41, 5.74) is 1.86. The van der Waals surface area contributed by atoms with E-state index < -0.39 is 0 Å². The van der Waals surface area contributed by atoms with Crippen molar-refractivity contribution < 1.29 is 9.84 Å². The fourth-order valence-electron chi connectivity index (χ4n) is 3.45. The molecule has 0 atom stereocenters. The molecule has 0 unspecified atom stereocenters. The van der Waals surface area contributed by atoms with E-state index in [-0.39, 0.29) is 29.7 Å². The fourth-order valence-corrected chi connectivity index (χ4v) is 3.45. The molecular weight excluding hydrogens is 493 g/mol. The van der Waals surface area contributed by atoms with Gasteiger partial charge in [-0.3, -0.25) is 9.88 Å². The molecule has 3 rings (SSSR count). The van der Waals surface area contributed by atoms with Crippen LogP contribution in [0.5, 0.6) is 11.5 Å². The summed E-state index contributed by atoms with van der Waals surface area (Å²) in [5, 5.41) is 16.9. The van der Waals surface area contributed by atoms with Crippen LogP contribution in [0.25, 0.3) is 0 Å². The van der Waals surface area contributed by atoms with Crippen LogP contribution in [0.15, 0.2) is 47.6 Å². The number of rotatable bonds is 7. The van der Waals surface area contributed by atoms with Crippen molar-refractivity contribution in [3.63, 3.8) is 0 Å². The van der Waals surface area contributed by atoms with Gasteiger partial charge in [-0.05, 0) is 50.1 Å². The Balaban J connectivity index is 0.00000320. The normalized spacial score (nSPS) is 15.3. The van der Waals surface area contributed by atoms with Crippen LogP contribution in [-0.4, -0.2) is 53.7 Å². The van der Waals surface area contributed by atoms with E-state index in [1.807, 2.05) is 24.4 Å². The highest BCUT2D eigenvalue weighted by molar-refractivity contribution is 14.0. The number of hydrogen-bond acceptors (Lipinski definition) is 5. The second-order valence-corrected chi connectivity index (χ2v) is 7.21. The molecule has 0 saturated carbocycles. The van der Waals surface area contributed by atoms with Crippen LogP contribution in [0.1, 0.15) is 31.0 Å². The number of aromatic hydroxyl groups is 1. The number of halogens is 1. The molecule has 8 heteroatoms. The van der Waals surface area contributed by atoms with Gasteiger partial charge in [0.2, 0.25) is 0 Å². The number of methoxy groups -OCH3 is 1. The number of nitrogens with one attached hydrogen (secondary N) is 2. The van der Waals surface area contributed by atoms with Gasteiger partial charge in [-0.1, -0.05) is 6.07 Å². The van der Waals surface area contributed by atoms with Gasteiger partial charge in [-0.25, -0.2) is 4.99 Å². The van der Waals surface area contributed by atoms with Crippen LogP contribution in [0.3, 0.4) is 0 Å². The average molecular weight is 525 g/mol. The Hall–Kier alpha value is -2.07. The molecule has 0 radical (unpaired) electrons. The van der Waals surface area contributed by atoms with E-state index in [0.717, 1.165) is 56.2 Å². The number of phenolic OH excluding ortho intramolecular Hbond substituents is 1. The zero-order chi connectivity index (χ0) is 20.5. The van der Waals surface area contributed by atoms with Crippen molar-refractivity contribution in [3.8, 4) is 11.5 Å². The molecule has 2 heterocycles. The van der Waals surface area contributed by atoms with Gasteiger partial charge in [0.05, 0.1) is 19.3 Å². The van der Waals surface area contributed by atoms with Crippen molar-refractivity contribution in [1.82, 2.24) is 20.5 Å². The SMILES string of the molecule is CCNC(=NCc1cc(OC)ccc1O)NC1CCN(Cc2ccccn2)CC1.I. The predicted octanol–water partition coefficient (Wildman–Crippen LogP) is 3.13. The minimum absolute atomic E-state index is 0. The number of hydrogen-bond donors (Lipinski definition) is 3. The lowest BCUT2D eigenvalue weighted by Crippen LogP contribution is -2.48. The summed E-state index contributed by atoms with van der Waals surface area (Å²) >= 11 is 0. The first-order chi connectivity index (χ1) is 14.2. The van der Waals surface area contributed by atoms with Crippen molar-refractivity contribution in [3.05, 3.63) is 53.9 Å². The topological polar surface area (TPSA) is 82.0 Å². The highest BCUT2D eigenvalue weighted by Crippen LogP contribution is 2.23. The van der Waals surface area contributed by atoms with E-state index in [4.69, 9.17) is 4.74 Å². The lowest BCUT2D eigenvalue weighted by atomic mass is 10.0. The molecule has 1 aliphatic heterocycles. The highest BCUT2D eigenvalue weighted by atomic mass is 127. The molecule has 1 saturated heterocycles. The van der Waals surface area contributed by atoms with Crippen molar-refractivity contribution in [1.29, 1.82) is 0 Å². The monoisotopic (exact) mass is 525 g/mol. The third kappa shape index (κ3) is 7.32. The third-order valence-corrected chi connectivity index (χ3v) is 5.08. The summed E-state index contributed by atoms with van der Waals surface area (Å²) in [7, 11) is 1.62. The average Bonchev–Trinajstić information content (AvgIpc) is 2.75. The Bertz CT molecular complexity index is 795. The summed E-state index contributed by atoms with van der Waals surface area (Å²) in [6, 6.07) is 11.6. The van der Waals surface area contributed by atoms with Gasteiger partial charge in [0.15, 0.2) is 5.96 Å². The van der Waals surface area contributed by atoms with E-state index in [2.05, 4.69) is 38.5 Å². The summed E-state index contributed by atoms with van der Waals surface area (Å²) < 4.78 is 5.24. The quantitative estimate of drug-likeness (QED) is 0.293. The third-order valence-electron chi connectivity index (χ3n) is 5.08. The molecule has 7 nitrogen and oxygen atoms in total. The summed E-state index contributed by atoms with van der Waals surface area (Å²) in [4.78, 5) is 11.5. The number of nitrogens with zero attached hydrogens (tertiary/aromatic N) is 3. The van der Waals surface area contributed by atoms with Crippen molar-refractivity contribution >= 4 is 29.9 Å². The summed E-state index contributed by atoms with van der Waals surface area (Å²) in [6.45, 7) is 6.19. The minimum Gasteiger partial charge on any atom is -0.508 e. The van der Waals surface area contributed by atoms with Gasteiger partial charge in [-0.2, -0.15) is 0 Å². The number of pyridine rings is 1. The van der Waals surface area contributed by atoms with Gasteiger partial charge < -0.3 is 20.5 Å². The Morgan fingerprint density at radius 3 is 2.73 bits per heavy atom. The lowest BCUT2D eigenvalue weighted by Gasteiger charge is -2.32. The summed E-state index contributed by atoms with van der Waals surface area (Å²) in [6.07, 6.45) is 3.96. The zero-order valence-electron chi connectivity index (χ0n) is 17.7. The molecular formula is C22H32IN5O2. The van der Waals surface area contributed by atoms with Crippen molar-refractivity contribution in [2.45, 2.75) is 38.9 Å².